The molecule has 0 aromatic carbocycles. The van der Waals surface area contributed by atoms with Crippen molar-refractivity contribution >= 4 is 35.0 Å². The van der Waals surface area contributed by atoms with E-state index in [1.807, 2.05) is 17.9 Å². The van der Waals surface area contributed by atoms with Gasteiger partial charge in [-0.3, -0.25) is 10.1 Å². The van der Waals surface area contributed by atoms with Crippen LogP contribution in [0, 0.1) is 0 Å². The number of urea groups is 1. The number of imide groups is 1. The zero-order valence-corrected chi connectivity index (χ0v) is 20.0. The Morgan fingerprint density at radius 2 is 1.84 bits per heavy atom. The molecule has 0 saturated carbocycles. The van der Waals surface area contributed by atoms with Crippen molar-refractivity contribution in [2.24, 2.45) is 0 Å². The number of carbonyl (C=O) groups excluding carboxylic acids is 2. The Kier molecular flexibility index (Phi) is 6.48. The molecule has 37 heavy (non-hydrogen) atoms. The fourth-order valence-corrected chi connectivity index (χ4v) is 4.44. The molecule has 0 radical (unpaired) electrons. The number of nitrogens with zero attached hydrogens (tertiary/aromatic N) is 6. The molecule has 0 spiro atoms. The van der Waals surface area contributed by atoms with Gasteiger partial charge in [-0.15, -0.1) is 0 Å². The maximum absolute atomic E-state index is 13.1. The maximum atomic E-state index is 13.1. The molecule has 3 N–H and O–H groups in total. The van der Waals surface area contributed by atoms with Crippen LogP contribution in [-0.2, 0) is 17.4 Å². The minimum atomic E-state index is -4.42. The summed E-state index contributed by atoms with van der Waals surface area (Å²) in [5.74, 6) is 1.31. The lowest BCUT2D eigenvalue weighted by atomic mass is 10.1. The van der Waals surface area contributed by atoms with E-state index < -0.39 is 29.7 Å². The van der Waals surface area contributed by atoms with Gasteiger partial charge in [-0.1, -0.05) is 6.92 Å². The summed E-state index contributed by atoms with van der Waals surface area (Å²) in [5.41, 5.74) is 0.543. The summed E-state index contributed by atoms with van der Waals surface area (Å²) in [4.78, 5) is 36.4. The number of pyridine rings is 1. The summed E-state index contributed by atoms with van der Waals surface area (Å²) in [6.45, 7) is 4.75. The summed E-state index contributed by atoms with van der Waals surface area (Å²) in [6.07, 6.45) is -0.478. The Labute approximate surface area is 210 Å². The molecule has 2 saturated heterocycles. The Hall–Kier alpha value is -4.10. The molecular formula is C23H26F3N9O2. The van der Waals surface area contributed by atoms with Crippen molar-refractivity contribution in [1.82, 2.24) is 30.2 Å². The number of nitrogens with one attached hydrogen (secondary N) is 3. The first-order valence-electron chi connectivity index (χ1n) is 12.0. The molecule has 3 aromatic rings. The van der Waals surface area contributed by atoms with Crippen molar-refractivity contribution in [1.29, 1.82) is 0 Å². The zero-order valence-electron chi connectivity index (χ0n) is 20.0. The molecule has 2 fully saturated rings. The Bertz CT molecular complexity index is 1320. The normalized spacial score (nSPS) is 18.3. The highest BCUT2D eigenvalue weighted by molar-refractivity contribution is 6.04. The van der Waals surface area contributed by atoms with E-state index in [9.17, 15) is 22.8 Å². The summed E-state index contributed by atoms with van der Waals surface area (Å²) in [7, 11) is 0. The van der Waals surface area contributed by atoms with E-state index in [4.69, 9.17) is 4.98 Å². The number of alkyl halides is 3. The van der Waals surface area contributed by atoms with Gasteiger partial charge in [0.25, 0.3) is 5.91 Å². The van der Waals surface area contributed by atoms with Gasteiger partial charge < -0.3 is 20.4 Å². The van der Waals surface area contributed by atoms with Crippen molar-refractivity contribution in [3.05, 3.63) is 41.7 Å². The molecule has 1 atom stereocenters. The molecular weight excluding hydrogens is 491 g/mol. The first kappa shape index (κ1) is 24.6. The lowest BCUT2D eigenvalue weighted by molar-refractivity contribution is -0.137. The Balaban J connectivity index is 1.38. The highest BCUT2D eigenvalue weighted by atomic mass is 19.4. The zero-order chi connectivity index (χ0) is 26.2. The number of fused-ring (bicyclic) bond motifs is 1. The van der Waals surface area contributed by atoms with E-state index in [0.29, 0.717) is 49.8 Å². The van der Waals surface area contributed by atoms with Crippen LogP contribution in [0.15, 0.2) is 30.6 Å². The Morgan fingerprint density at radius 3 is 2.49 bits per heavy atom. The van der Waals surface area contributed by atoms with Gasteiger partial charge in [0.1, 0.15) is 23.5 Å². The van der Waals surface area contributed by atoms with E-state index in [1.165, 1.54) is 6.20 Å². The monoisotopic (exact) mass is 517 g/mol. The predicted molar refractivity (Wildman–Crippen MR) is 130 cm³/mol. The predicted octanol–water partition coefficient (Wildman–Crippen LogP) is 2.04. The fraction of sp³-hybridized carbons (Fsp3) is 0.435. The summed E-state index contributed by atoms with van der Waals surface area (Å²) >= 11 is 0. The van der Waals surface area contributed by atoms with Gasteiger partial charge in [0.05, 0.1) is 11.8 Å². The quantitative estimate of drug-likeness (QED) is 0.408. The lowest BCUT2D eigenvalue weighted by Crippen LogP contribution is -2.47. The molecule has 5 rings (SSSR count). The van der Waals surface area contributed by atoms with Crippen molar-refractivity contribution in [2.45, 2.75) is 32.0 Å². The number of rotatable bonds is 7. The third-order valence-corrected chi connectivity index (χ3v) is 6.37. The highest BCUT2D eigenvalue weighted by Gasteiger charge is 2.32. The van der Waals surface area contributed by atoms with E-state index in [2.05, 4.69) is 30.9 Å². The van der Waals surface area contributed by atoms with E-state index in [1.54, 1.807) is 10.7 Å². The van der Waals surface area contributed by atoms with Crippen LogP contribution in [0.3, 0.4) is 0 Å². The van der Waals surface area contributed by atoms with Gasteiger partial charge in [-0.25, -0.2) is 14.8 Å². The number of halogens is 3. The molecule has 14 heteroatoms. The molecule has 2 aliphatic rings. The van der Waals surface area contributed by atoms with Crippen LogP contribution < -0.4 is 25.8 Å². The van der Waals surface area contributed by atoms with Crippen LogP contribution in [0.2, 0.25) is 0 Å². The van der Waals surface area contributed by atoms with Crippen LogP contribution in [-0.4, -0.2) is 70.3 Å². The van der Waals surface area contributed by atoms with Crippen molar-refractivity contribution in [3.63, 3.8) is 0 Å². The molecule has 0 bridgehead atoms. The lowest BCUT2D eigenvalue weighted by Gasteiger charge is -2.36. The van der Waals surface area contributed by atoms with Crippen molar-refractivity contribution < 1.29 is 22.8 Å². The van der Waals surface area contributed by atoms with Gasteiger partial charge in [0.15, 0.2) is 5.65 Å². The average Bonchev–Trinajstić information content (AvgIpc) is 3.44. The van der Waals surface area contributed by atoms with Crippen LogP contribution in [0.4, 0.5) is 35.4 Å². The molecule has 2 aliphatic heterocycles. The molecule has 3 aromatic heterocycles. The number of hydrogen-bond acceptors (Lipinski definition) is 8. The minimum absolute atomic E-state index is 0.236. The number of amides is 3. The molecule has 5 heterocycles. The minimum Gasteiger partial charge on any atom is -0.370 e. The van der Waals surface area contributed by atoms with Gasteiger partial charge >= 0.3 is 12.2 Å². The molecule has 11 nitrogen and oxygen atoms in total. The van der Waals surface area contributed by atoms with Crippen molar-refractivity contribution in [3.8, 4) is 0 Å². The first-order chi connectivity index (χ1) is 17.7. The van der Waals surface area contributed by atoms with Crippen LogP contribution in [0.25, 0.3) is 5.65 Å². The second kappa shape index (κ2) is 9.75. The second-order valence-corrected chi connectivity index (χ2v) is 8.93. The second-order valence-electron chi connectivity index (χ2n) is 8.93. The fourth-order valence-electron chi connectivity index (χ4n) is 4.44. The number of anilines is 3. The number of hydrogen-bond donors (Lipinski definition) is 3. The number of piperazine rings is 1. The number of carbonyl (C=O) groups is 2. The topological polar surface area (TPSA) is 120 Å². The molecule has 0 aliphatic carbocycles. The molecule has 196 valence electrons. The summed E-state index contributed by atoms with van der Waals surface area (Å²) < 4.78 is 41.1. The van der Waals surface area contributed by atoms with Gasteiger partial charge in [-0.2, -0.15) is 22.8 Å². The van der Waals surface area contributed by atoms with Crippen LogP contribution >= 0.6 is 0 Å². The third kappa shape index (κ3) is 5.08. The summed E-state index contributed by atoms with van der Waals surface area (Å²) in [6, 6.07) is 2.69. The SMILES string of the molecule is CCCNc1cc(N2CCN(c3cc(C(F)(F)F)ccn3)CC2)nc2c(CC3NC(=O)NC3=O)cnn12. The van der Waals surface area contributed by atoms with Crippen molar-refractivity contribution in [2.75, 3.05) is 47.8 Å². The standard InChI is InChI=1S/C23H26F3N9O2/c1-2-4-27-18-12-19(31-20-14(13-29-35(18)20)10-16-21(36)32-22(37)30-16)34-8-6-33(7-9-34)17-11-15(3-5-28-17)23(24,25)26/h3,5,11-13,16,27H,2,4,6-10H2,1H3,(H2,30,32,36,37). The van der Waals surface area contributed by atoms with E-state index in [0.717, 1.165) is 24.4 Å². The third-order valence-electron chi connectivity index (χ3n) is 6.37. The summed E-state index contributed by atoms with van der Waals surface area (Å²) in [5, 5.41) is 12.6. The van der Waals surface area contributed by atoms with E-state index >= 15 is 0 Å². The first-order valence-corrected chi connectivity index (χ1v) is 12.0. The highest BCUT2D eigenvalue weighted by Crippen LogP contribution is 2.31. The molecule has 3 amide bonds. The van der Waals surface area contributed by atoms with Gasteiger partial charge in [0.2, 0.25) is 0 Å². The average molecular weight is 518 g/mol. The van der Waals surface area contributed by atoms with Gasteiger partial charge in [-0.05, 0) is 18.6 Å². The largest absolute Gasteiger partial charge is 0.416 e. The van der Waals surface area contributed by atoms with E-state index in [-0.39, 0.29) is 12.2 Å². The smallest absolute Gasteiger partial charge is 0.370 e. The van der Waals surface area contributed by atoms with Crippen LogP contribution in [0.5, 0.6) is 0 Å². The van der Waals surface area contributed by atoms with Crippen LogP contribution in [0.1, 0.15) is 24.5 Å². The molecule has 1 unspecified atom stereocenters. The maximum Gasteiger partial charge on any atom is 0.416 e. The number of aromatic nitrogens is 4. The van der Waals surface area contributed by atoms with Gasteiger partial charge in [0, 0.05) is 57.0 Å². The Morgan fingerprint density at radius 1 is 1.11 bits per heavy atom.